The summed E-state index contributed by atoms with van der Waals surface area (Å²) in [7, 11) is 0. The number of aryl methyl sites for hydroxylation is 1. The van der Waals surface area contributed by atoms with E-state index in [1.54, 1.807) is 11.3 Å². The average molecular weight is 261 g/mol. The zero-order valence-corrected chi connectivity index (χ0v) is 11.6. The Morgan fingerprint density at radius 2 is 2.28 bits per heavy atom. The highest BCUT2D eigenvalue weighted by Gasteiger charge is 2.07. The minimum absolute atomic E-state index is 0.441. The van der Waals surface area contributed by atoms with Gasteiger partial charge in [0.25, 0.3) is 0 Å². The van der Waals surface area contributed by atoms with Crippen LogP contribution in [0.4, 0.5) is 5.69 Å². The number of anilines is 1. The first kappa shape index (κ1) is 13.1. The number of aromatic nitrogens is 1. The van der Waals surface area contributed by atoms with Crippen molar-refractivity contribution in [3.63, 3.8) is 0 Å². The number of rotatable bonds is 5. The van der Waals surface area contributed by atoms with Crippen LogP contribution in [0.2, 0.25) is 0 Å². The van der Waals surface area contributed by atoms with Gasteiger partial charge in [-0.1, -0.05) is 24.6 Å². The highest BCUT2D eigenvalue weighted by atomic mass is 32.1. The first-order valence-corrected chi connectivity index (χ1v) is 7.00. The molecule has 1 atom stereocenters. The number of nitrogens with zero attached hydrogens (tertiary/aromatic N) is 1. The molecule has 0 spiro atoms. The fourth-order valence-corrected chi connectivity index (χ4v) is 2.57. The molecule has 0 fully saturated rings. The number of nitrogen functional groups attached to an aromatic ring is 1. The van der Waals surface area contributed by atoms with Crippen molar-refractivity contribution < 1.29 is 0 Å². The average Bonchev–Trinajstić information content (AvgIpc) is 2.87. The summed E-state index contributed by atoms with van der Waals surface area (Å²) in [6.07, 6.45) is 1.86. The van der Waals surface area contributed by atoms with Crippen LogP contribution in [0.1, 0.15) is 29.0 Å². The zero-order valence-electron chi connectivity index (χ0n) is 10.8. The lowest BCUT2D eigenvalue weighted by Crippen LogP contribution is -2.20. The molecule has 2 aromatic rings. The maximum absolute atomic E-state index is 5.95. The topological polar surface area (TPSA) is 50.9 Å². The predicted octanol–water partition coefficient (Wildman–Crippen LogP) is 2.93. The maximum Gasteiger partial charge on any atom is 0.0965 e. The van der Waals surface area contributed by atoms with Crippen LogP contribution < -0.4 is 11.1 Å². The molecule has 0 bridgehead atoms. The van der Waals surface area contributed by atoms with E-state index in [-0.39, 0.29) is 0 Å². The van der Waals surface area contributed by atoms with Gasteiger partial charge < -0.3 is 11.1 Å². The highest BCUT2D eigenvalue weighted by Crippen LogP contribution is 2.17. The molecule has 1 unspecified atom stereocenters. The second-order valence-electron chi connectivity index (χ2n) is 4.60. The van der Waals surface area contributed by atoms with E-state index in [0.717, 1.165) is 18.8 Å². The van der Waals surface area contributed by atoms with Gasteiger partial charge in [-0.3, -0.25) is 0 Å². The summed E-state index contributed by atoms with van der Waals surface area (Å²) in [6, 6.07) is 6.14. The third-order valence-electron chi connectivity index (χ3n) is 2.94. The highest BCUT2D eigenvalue weighted by molar-refractivity contribution is 7.09. The van der Waals surface area contributed by atoms with Gasteiger partial charge in [-0.15, -0.1) is 11.3 Å². The van der Waals surface area contributed by atoms with E-state index >= 15 is 0 Å². The van der Waals surface area contributed by atoms with Crippen LogP contribution in [0.25, 0.3) is 0 Å². The molecule has 3 N–H and O–H groups in total. The molecule has 18 heavy (non-hydrogen) atoms. The van der Waals surface area contributed by atoms with Gasteiger partial charge in [0.2, 0.25) is 0 Å². The van der Waals surface area contributed by atoms with Crippen LogP contribution in [0, 0.1) is 6.92 Å². The summed E-state index contributed by atoms with van der Waals surface area (Å²) in [6.45, 7) is 6.00. The summed E-state index contributed by atoms with van der Waals surface area (Å²) < 4.78 is 0. The van der Waals surface area contributed by atoms with Gasteiger partial charge in [-0.25, -0.2) is 4.98 Å². The van der Waals surface area contributed by atoms with Crippen molar-refractivity contribution in [1.29, 1.82) is 0 Å². The Morgan fingerprint density at radius 1 is 1.44 bits per heavy atom. The molecule has 0 aliphatic rings. The Balaban J connectivity index is 1.87. The molecule has 0 radical (unpaired) electrons. The second-order valence-corrected chi connectivity index (χ2v) is 5.53. The Morgan fingerprint density at radius 3 is 3.00 bits per heavy atom. The van der Waals surface area contributed by atoms with E-state index in [2.05, 4.69) is 30.2 Å². The lowest BCUT2D eigenvalue weighted by Gasteiger charge is -2.12. The number of thiazole rings is 1. The van der Waals surface area contributed by atoms with E-state index in [0.29, 0.717) is 5.92 Å². The van der Waals surface area contributed by atoms with Crippen LogP contribution in [-0.2, 0) is 6.54 Å². The lowest BCUT2D eigenvalue weighted by atomic mass is 10.1. The maximum atomic E-state index is 5.95. The van der Waals surface area contributed by atoms with E-state index in [4.69, 9.17) is 5.73 Å². The van der Waals surface area contributed by atoms with Crippen molar-refractivity contribution >= 4 is 17.0 Å². The largest absolute Gasteiger partial charge is 0.398 e. The van der Waals surface area contributed by atoms with Crippen molar-refractivity contribution in [2.75, 3.05) is 12.3 Å². The van der Waals surface area contributed by atoms with E-state index in [1.165, 1.54) is 16.1 Å². The van der Waals surface area contributed by atoms with E-state index < -0.39 is 0 Å². The Labute approximate surface area is 112 Å². The third kappa shape index (κ3) is 3.31. The SMILES string of the molecule is Cc1ccc(N)c(CNCC(C)c2nccs2)c1. The van der Waals surface area contributed by atoms with Crippen LogP contribution in [-0.4, -0.2) is 11.5 Å². The molecular weight excluding hydrogens is 242 g/mol. The molecule has 1 heterocycles. The number of nitrogens with one attached hydrogen (secondary N) is 1. The van der Waals surface area contributed by atoms with Gasteiger partial charge >= 0.3 is 0 Å². The molecule has 3 nitrogen and oxygen atoms in total. The fraction of sp³-hybridized carbons (Fsp3) is 0.357. The van der Waals surface area contributed by atoms with Crippen molar-refractivity contribution in [1.82, 2.24) is 10.3 Å². The smallest absolute Gasteiger partial charge is 0.0965 e. The summed E-state index contributed by atoms with van der Waals surface area (Å²) in [4.78, 5) is 4.33. The van der Waals surface area contributed by atoms with Gasteiger partial charge in [0.15, 0.2) is 0 Å². The normalized spacial score (nSPS) is 12.6. The monoisotopic (exact) mass is 261 g/mol. The molecule has 0 saturated heterocycles. The molecule has 0 amide bonds. The molecule has 1 aromatic heterocycles. The third-order valence-corrected chi connectivity index (χ3v) is 3.94. The van der Waals surface area contributed by atoms with Crippen molar-refractivity contribution in [2.45, 2.75) is 26.3 Å². The van der Waals surface area contributed by atoms with Crippen LogP contribution in [0.3, 0.4) is 0 Å². The molecule has 0 aliphatic heterocycles. The van der Waals surface area contributed by atoms with E-state index in [1.807, 2.05) is 23.7 Å². The van der Waals surface area contributed by atoms with E-state index in [9.17, 15) is 0 Å². The quantitative estimate of drug-likeness (QED) is 0.814. The van der Waals surface area contributed by atoms with Gasteiger partial charge in [-0.2, -0.15) is 0 Å². The second kappa shape index (κ2) is 5.98. The van der Waals surface area contributed by atoms with Gasteiger partial charge in [-0.05, 0) is 18.6 Å². The number of hydrogen-bond acceptors (Lipinski definition) is 4. The first-order chi connectivity index (χ1) is 8.66. The summed E-state index contributed by atoms with van der Waals surface area (Å²) in [5.74, 6) is 0.441. The van der Waals surface area contributed by atoms with Crippen LogP contribution in [0.15, 0.2) is 29.8 Å². The zero-order chi connectivity index (χ0) is 13.0. The van der Waals surface area contributed by atoms with Gasteiger partial charge in [0.1, 0.15) is 0 Å². The standard InChI is InChI=1S/C14H19N3S/c1-10-3-4-13(15)12(7-10)9-16-8-11(2)14-17-5-6-18-14/h3-7,11,16H,8-9,15H2,1-2H3. The van der Waals surface area contributed by atoms with Crippen LogP contribution in [0.5, 0.6) is 0 Å². The lowest BCUT2D eigenvalue weighted by molar-refractivity contribution is 0.613. The summed E-state index contributed by atoms with van der Waals surface area (Å²) in [5.41, 5.74) is 9.22. The number of hydrogen-bond donors (Lipinski definition) is 2. The number of nitrogens with two attached hydrogens (primary N) is 1. The minimum Gasteiger partial charge on any atom is -0.398 e. The molecule has 4 heteroatoms. The molecule has 96 valence electrons. The number of benzene rings is 1. The van der Waals surface area contributed by atoms with Gasteiger partial charge in [0.05, 0.1) is 5.01 Å². The molecule has 0 saturated carbocycles. The Kier molecular flexibility index (Phi) is 4.33. The Bertz CT molecular complexity index is 494. The summed E-state index contributed by atoms with van der Waals surface area (Å²) in [5, 5.41) is 6.64. The minimum atomic E-state index is 0.441. The fourth-order valence-electron chi connectivity index (χ4n) is 1.88. The first-order valence-electron chi connectivity index (χ1n) is 6.12. The Hall–Kier alpha value is -1.39. The predicted molar refractivity (Wildman–Crippen MR) is 77.8 cm³/mol. The molecule has 2 rings (SSSR count). The molecular formula is C14H19N3S. The van der Waals surface area contributed by atoms with Crippen molar-refractivity contribution in [3.8, 4) is 0 Å². The molecule has 1 aromatic carbocycles. The van der Waals surface area contributed by atoms with Crippen LogP contribution >= 0.6 is 11.3 Å². The van der Waals surface area contributed by atoms with Crippen molar-refractivity contribution in [3.05, 3.63) is 45.9 Å². The van der Waals surface area contributed by atoms with Crippen molar-refractivity contribution in [2.24, 2.45) is 0 Å². The molecule has 0 aliphatic carbocycles. The van der Waals surface area contributed by atoms with Gasteiger partial charge in [0, 0.05) is 36.3 Å². The summed E-state index contributed by atoms with van der Waals surface area (Å²) >= 11 is 1.71.